The van der Waals surface area contributed by atoms with Crippen LogP contribution in [0, 0.1) is 5.92 Å². The maximum Gasteiger partial charge on any atom is 0.332 e. The Kier molecular flexibility index (Phi) is 8.91. The lowest BCUT2D eigenvalue weighted by atomic mass is 10.1. The van der Waals surface area contributed by atoms with Crippen LogP contribution in [0.1, 0.15) is 37.0 Å². The van der Waals surface area contributed by atoms with Gasteiger partial charge in [-0.1, -0.05) is 37.0 Å². The first-order valence-corrected chi connectivity index (χ1v) is 10.6. The lowest BCUT2D eigenvalue weighted by Crippen LogP contribution is -2.43. The van der Waals surface area contributed by atoms with Crippen LogP contribution in [0.2, 0.25) is 10.0 Å². The van der Waals surface area contributed by atoms with Crippen molar-refractivity contribution in [2.45, 2.75) is 33.2 Å². The van der Waals surface area contributed by atoms with Gasteiger partial charge in [0.15, 0.2) is 6.61 Å². The molecule has 0 unspecified atom stereocenters. The monoisotopic (exact) mass is 485 g/mol. The summed E-state index contributed by atoms with van der Waals surface area (Å²) in [4.78, 5) is 49.2. The zero-order chi connectivity index (χ0) is 24.0. The van der Waals surface area contributed by atoms with Gasteiger partial charge in [0.1, 0.15) is 17.1 Å². The van der Waals surface area contributed by atoms with Crippen molar-refractivity contribution in [2.75, 3.05) is 18.9 Å². The van der Waals surface area contributed by atoms with Gasteiger partial charge in [0.05, 0.1) is 11.6 Å². The third-order valence-corrected chi connectivity index (χ3v) is 4.98. The standard InChI is InChI=1S/C21H25Cl2N3O6/c1-12(2)10-26-19(24)18(20(29)25(3)21(26)30)15(27)11-32-17(28)5-4-8-31-16-7-6-13(22)9-14(16)23/h6-7,9,12H,4-5,8,10-11,24H2,1-3H3. The molecule has 2 N–H and O–H groups in total. The van der Waals surface area contributed by atoms with Crippen LogP contribution >= 0.6 is 23.2 Å². The number of aromatic nitrogens is 2. The summed E-state index contributed by atoms with van der Waals surface area (Å²) in [6.45, 7) is 3.49. The summed E-state index contributed by atoms with van der Waals surface area (Å²) in [5.74, 6) is -1.17. The fourth-order valence-corrected chi connectivity index (χ4v) is 3.33. The van der Waals surface area contributed by atoms with Gasteiger partial charge in [-0.25, -0.2) is 4.79 Å². The van der Waals surface area contributed by atoms with Crippen molar-refractivity contribution in [3.05, 3.63) is 54.6 Å². The molecule has 2 aromatic rings. The maximum atomic E-state index is 12.5. The molecule has 0 aliphatic heterocycles. The van der Waals surface area contributed by atoms with Crippen LogP contribution in [0.15, 0.2) is 27.8 Å². The Morgan fingerprint density at radius 1 is 1.19 bits per heavy atom. The Morgan fingerprint density at radius 3 is 2.50 bits per heavy atom. The van der Waals surface area contributed by atoms with Crippen molar-refractivity contribution < 1.29 is 19.1 Å². The van der Waals surface area contributed by atoms with E-state index in [0.717, 1.165) is 4.57 Å². The number of nitrogens with zero attached hydrogens (tertiary/aromatic N) is 2. The molecule has 0 spiro atoms. The summed E-state index contributed by atoms with van der Waals surface area (Å²) in [5.41, 5.74) is 4.12. The molecule has 2 rings (SSSR count). The van der Waals surface area contributed by atoms with Gasteiger partial charge < -0.3 is 15.2 Å². The van der Waals surface area contributed by atoms with Gasteiger partial charge in [-0.2, -0.15) is 0 Å². The zero-order valence-corrected chi connectivity index (χ0v) is 19.5. The second kappa shape index (κ2) is 11.2. The fourth-order valence-electron chi connectivity index (χ4n) is 2.87. The topological polar surface area (TPSA) is 123 Å². The van der Waals surface area contributed by atoms with Crippen LogP contribution in [0.4, 0.5) is 5.82 Å². The number of rotatable bonds is 10. The SMILES string of the molecule is CC(C)Cn1c(N)c(C(=O)COC(=O)CCCOc2ccc(Cl)cc2Cl)c(=O)n(C)c1=O. The smallest absolute Gasteiger partial charge is 0.332 e. The minimum atomic E-state index is -0.832. The van der Waals surface area contributed by atoms with E-state index in [9.17, 15) is 19.2 Å². The maximum absolute atomic E-state index is 12.5. The van der Waals surface area contributed by atoms with E-state index in [1.807, 2.05) is 13.8 Å². The number of hydrogen-bond acceptors (Lipinski definition) is 7. The molecule has 1 aromatic carbocycles. The van der Waals surface area contributed by atoms with E-state index in [4.69, 9.17) is 38.4 Å². The number of ether oxygens (including phenoxy) is 2. The van der Waals surface area contributed by atoms with Gasteiger partial charge in [0, 0.05) is 25.0 Å². The number of nitrogens with two attached hydrogens (primary N) is 1. The number of benzene rings is 1. The van der Waals surface area contributed by atoms with Crippen LogP contribution < -0.4 is 21.7 Å². The highest BCUT2D eigenvalue weighted by Crippen LogP contribution is 2.27. The van der Waals surface area contributed by atoms with Gasteiger partial charge in [-0.05, 0) is 30.5 Å². The van der Waals surface area contributed by atoms with Crippen molar-refractivity contribution in [2.24, 2.45) is 13.0 Å². The van der Waals surface area contributed by atoms with E-state index >= 15 is 0 Å². The number of carbonyl (C=O) groups excluding carboxylic acids is 2. The first kappa shape index (κ1) is 25.5. The van der Waals surface area contributed by atoms with Gasteiger partial charge in [0.2, 0.25) is 5.78 Å². The number of nitrogen functional groups attached to an aromatic ring is 1. The van der Waals surface area contributed by atoms with Crippen molar-refractivity contribution >= 4 is 40.8 Å². The summed E-state index contributed by atoms with van der Waals surface area (Å²) < 4.78 is 12.4. The molecule has 0 amide bonds. The highest BCUT2D eigenvalue weighted by molar-refractivity contribution is 6.35. The number of anilines is 1. The summed E-state index contributed by atoms with van der Waals surface area (Å²) in [7, 11) is 1.26. The lowest BCUT2D eigenvalue weighted by Gasteiger charge is -2.16. The minimum absolute atomic E-state index is 0.0151. The van der Waals surface area contributed by atoms with Crippen molar-refractivity contribution in [3.63, 3.8) is 0 Å². The van der Waals surface area contributed by atoms with Gasteiger partial charge >= 0.3 is 11.7 Å². The Bertz CT molecular complexity index is 1120. The fraction of sp³-hybridized carbons (Fsp3) is 0.429. The predicted molar refractivity (Wildman–Crippen MR) is 122 cm³/mol. The largest absolute Gasteiger partial charge is 0.492 e. The number of Topliss-reactive ketones (excluding diaryl/α,β-unsaturated/α-hetero) is 1. The Morgan fingerprint density at radius 2 is 1.88 bits per heavy atom. The quantitative estimate of drug-likeness (QED) is 0.311. The van der Waals surface area contributed by atoms with E-state index in [1.165, 1.54) is 11.6 Å². The predicted octanol–water partition coefficient (Wildman–Crippen LogP) is 2.68. The average Bonchev–Trinajstić information content (AvgIpc) is 2.72. The highest BCUT2D eigenvalue weighted by atomic mass is 35.5. The molecular formula is C21H25Cl2N3O6. The summed E-state index contributed by atoms with van der Waals surface area (Å²) in [6, 6.07) is 4.78. The van der Waals surface area contributed by atoms with E-state index < -0.39 is 29.6 Å². The van der Waals surface area contributed by atoms with Gasteiger partial charge in [-0.15, -0.1) is 0 Å². The summed E-state index contributed by atoms with van der Waals surface area (Å²) >= 11 is 11.8. The average molecular weight is 486 g/mol. The Balaban J connectivity index is 1.94. The van der Waals surface area contributed by atoms with Crippen LogP contribution in [0.3, 0.4) is 0 Å². The molecule has 0 fully saturated rings. The van der Waals surface area contributed by atoms with Crippen molar-refractivity contribution in [1.82, 2.24) is 9.13 Å². The molecule has 32 heavy (non-hydrogen) atoms. The lowest BCUT2D eigenvalue weighted by molar-refractivity contribution is -0.142. The molecule has 1 heterocycles. The molecule has 1 aromatic heterocycles. The number of carbonyl (C=O) groups is 2. The van der Waals surface area contributed by atoms with E-state index in [-0.39, 0.29) is 36.9 Å². The molecule has 11 heteroatoms. The molecular weight excluding hydrogens is 461 g/mol. The highest BCUT2D eigenvalue weighted by Gasteiger charge is 2.23. The third kappa shape index (κ3) is 6.37. The molecule has 0 aliphatic rings. The van der Waals surface area contributed by atoms with Crippen LogP contribution in [-0.2, 0) is 23.1 Å². The van der Waals surface area contributed by atoms with Gasteiger partial charge in [0.25, 0.3) is 5.56 Å². The molecule has 0 radical (unpaired) electrons. The first-order chi connectivity index (χ1) is 15.0. The van der Waals surface area contributed by atoms with Crippen LogP contribution in [0.25, 0.3) is 0 Å². The summed E-state index contributed by atoms with van der Waals surface area (Å²) in [6.07, 6.45) is 0.300. The number of ketones is 1. The molecule has 0 bridgehead atoms. The zero-order valence-electron chi connectivity index (χ0n) is 18.0. The van der Waals surface area contributed by atoms with Crippen LogP contribution in [0.5, 0.6) is 5.75 Å². The number of hydrogen-bond donors (Lipinski definition) is 1. The first-order valence-electron chi connectivity index (χ1n) is 9.88. The molecule has 174 valence electrons. The van der Waals surface area contributed by atoms with E-state index in [1.54, 1.807) is 18.2 Å². The normalized spacial score (nSPS) is 10.9. The third-order valence-electron chi connectivity index (χ3n) is 4.45. The molecule has 9 nitrogen and oxygen atoms in total. The minimum Gasteiger partial charge on any atom is -0.492 e. The van der Waals surface area contributed by atoms with Crippen molar-refractivity contribution in [3.8, 4) is 5.75 Å². The van der Waals surface area contributed by atoms with Crippen LogP contribution in [-0.4, -0.2) is 34.1 Å². The molecule has 0 atom stereocenters. The second-order valence-corrected chi connectivity index (χ2v) is 8.37. The Labute approximate surface area is 194 Å². The second-order valence-electron chi connectivity index (χ2n) is 7.52. The molecule has 0 saturated carbocycles. The number of esters is 1. The molecule has 0 saturated heterocycles. The Hall–Kier alpha value is -2.78. The van der Waals surface area contributed by atoms with E-state index in [2.05, 4.69) is 0 Å². The summed E-state index contributed by atoms with van der Waals surface area (Å²) in [5, 5.41) is 0.828. The van der Waals surface area contributed by atoms with Gasteiger partial charge in [-0.3, -0.25) is 23.5 Å². The van der Waals surface area contributed by atoms with Crippen molar-refractivity contribution in [1.29, 1.82) is 0 Å². The number of halogens is 2. The molecule has 0 aliphatic carbocycles. The van der Waals surface area contributed by atoms with E-state index in [0.29, 0.717) is 22.2 Å².